The van der Waals surface area contributed by atoms with Gasteiger partial charge in [0.15, 0.2) is 11.4 Å². The molecule has 0 fully saturated rings. The average molecular weight is 384 g/mol. The molecule has 1 aromatic heterocycles. The first-order valence-corrected chi connectivity index (χ1v) is 9.09. The number of carbonyl (C=O) groups is 2. The van der Waals surface area contributed by atoms with Gasteiger partial charge in [0.2, 0.25) is 0 Å². The summed E-state index contributed by atoms with van der Waals surface area (Å²) in [5.74, 6) is -1.71. The molecule has 0 aliphatic heterocycles. The lowest BCUT2D eigenvalue weighted by atomic mass is 10.1. The molecule has 3 rings (SSSR count). The predicted octanol–water partition coefficient (Wildman–Crippen LogP) is 3.33. The van der Waals surface area contributed by atoms with E-state index in [1.165, 1.54) is 29.0 Å². The van der Waals surface area contributed by atoms with E-state index < -0.39 is 24.3 Å². The van der Waals surface area contributed by atoms with Gasteiger partial charge in [-0.2, -0.15) is 4.99 Å². The predicted molar refractivity (Wildman–Crippen MR) is 99.8 cm³/mol. The minimum absolute atomic E-state index is 0.176. The number of ether oxygens (including phenoxy) is 1. The molecule has 0 bridgehead atoms. The molecule has 0 unspecified atom stereocenters. The average Bonchev–Trinajstić information content (AvgIpc) is 3.09. The topological polar surface area (TPSA) is 60.7 Å². The summed E-state index contributed by atoms with van der Waals surface area (Å²) < 4.78 is 19.7. The van der Waals surface area contributed by atoms with Crippen LogP contribution in [0.1, 0.15) is 21.5 Å². The summed E-state index contributed by atoms with van der Waals surface area (Å²) in [6.07, 6.45) is 1.85. The highest BCUT2D eigenvalue weighted by Gasteiger charge is 2.10. The lowest BCUT2D eigenvalue weighted by Gasteiger charge is -2.04. The lowest BCUT2D eigenvalue weighted by Crippen LogP contribution is -2.20. The normalized spacial score (nSPS) is 11.4. The minimum atomic E-state index is -0.697. The van der Waals surface area contributed by atoms with Crippen LogP contribution in [-0.2, 0) is 16.1 Å². The molecule has 1 heterocycles. The summed E-state index contributed by atoms with van der Waals surface area (Å²) in [5, 5.41) is 1.84. The summed E-state index contributed by atoms with van der Waals surface area (Å²) in [7, 11) is 0. The summed E-state index contributed by atoms with van der Waals surface area (Å²) in [6, 6.07) is 13.0. The van der Waals surface area contributed by atoms with Gasteiger partial charge in [-0.25, -0.2) is 9.18 Å². The number of hydrogen-bond donors (Lipinski definition) is 0. The van der Waals surface area contributed by atoms with Gasteiger partial charge >= 0.3 is 5.97 Å². The highest BCUT2D eigenvalue weighted by atomic mass is 32.1. The van der Waals surface area contributed by atoms with E-state index in [-0.39, 0.29) is 5.56 Å². The quantitative estimate of drug-likeness (QED) is 0.634. The Morgan fingerprint density at radius 2 is 1.81 bits per heavy atom. The largest absolute Gasteiger partial charge is 0.452 e. The second kappa shape index (κ2) is 8.55. The highest BCUT2D eigenvalue weighted by molar-refractivity contribution is 7.07. The fourth-order valence-corrected chi connectivity index (χ4v) is 3.08. The van der Waals surface area contributed by atoms with Gasteiger partial charge in [-0.3, -0.25) is 4.79 Å². The number of amides is 1. The molecule has 0 saturated heterocycles. The maximum atomic E-state index is 12.9. The van der Waals surface area contributed by atoms with Crippen LogP contribution in [0.15, 0.2) is 65.1 Å². The van der Waals surface area contributed by atoms with Crippen molar-refractivity contribution in [3.05, 3.63) is 87.4 Å². The third-order valence-electron chi connectivity index (χ3n) is 3.76. The van der Waals surface area contributed by atoms with Crippen LogP contribution >= 0.6 is 11.3 Å². The van der Waals surface area contributed by atoms with Gasteiger partial charge in [-0.15, -0.1) is 11.3 Å². The number of esters is 1. The van der Waals surface area contributed by atoms with Gasteiger partial charge in [0.05, 0.1) is 5.56 Å². The Balaban J connectivity index is 1.63. The van der Waals surface area contributed by atoms with E-state index in [0.717, 1.165) is 17.7 Å². The summed E-state index contributed by atoms with van der Waals surface area (Å²) in [6.45, 7) is 2.14. The van der Waals surface area contributed by atoms with E-state index >= 15 is 0 Å². The summed E-state index contributed by atoms with van der Waals surface area (Å²) >= 11 is 1.33. The van der Waals surface area contributed by atoms with Crippen molar-refractivity contribution in [2.75, 3.05) is 6.61 Å². The molecule has 27 heavy (non-hydrogen) atoms. The van der Waals surface area contributed by atoms with Crippen LogP contribution in [0, 0.1) is 12.7 Å². The first-order chi connectivity index (χ1) is 13.0. The van der Waals surface area contributed by atoms with Crippen molar-refractivity contribution in [2.45, 2.75) is 13.5 Å². The number of halogens is 1. The monoisotopic (exact) mass is 384 g/mol. The van der Waals surface area contributed by atoms with Crippen molar-refractivity contribution in [1.29, 1.82) is 0 Å². The van der Waals surface area contributed by atoms with Crippen LogP contribution in [0.2, 0.25) is 0 Å². The van der Waals surface area contributed by atoms with Crippen molar-refractivity contribution in [1.82, 2.24) is 4.57 Å². The molecule has 0 aliphatic rings. The van der Waals surface area contributed by atoms with Gasteiger partial charge in [0.25, 0.3) is 5.91 Å². The molecule has 0 N–H and O–H groups in total. The van der Waals surface area contributed by atoms with Gasteiger partial charge < -0.3 is 9.30 Å². The molecule has 138 valence electrons. The van der Waals surface area contributed by atoms with Gasteiger partial charge in [0.1, 0.15) is 5.82 Å². The SMILES string of the molecule is Cc1ccc(Cn2ccsc2=NC(=O)COC(=O)c2ccc(F)cc2)cc1. The Labute approximate surface area is 159 Å². The van der Waals surface area contributed by atoms with Crippen molar-refractivity contribution >= 4 is 23.2 Å². The Hall–Kier alpha value is -3.06. The molecule has 0 spiro atoms. The molecular formula is C20H17FN2O3S. The van der Waals surface area contributed by atoms with E-state index in [2.05, 4.69) is 4.99 Å². The van der Waals surface area contributed by atoms with Crippen LogP contribution in [-0.4, -0.2) is 23.1 Å². The van der Waals surface area contributed by atoms with Gasteiger partial charge in [0, 0.05) is 18.1 Å². The molecule has 0 radical (unpaired) electrons. The number of nitrogens with zero attached hydrogens (tertiary/aromatic N) is 2. The Morgan fingerprint density at radius 3 is 2.52 bits per heavy atom. The number of aromatic nitrogens is 1. The standard InChI is InChI=1S/C20H17FN2O3S/c1-14-2-4-15(5-3-14)12-23-10-11-27-20(23)22-18(24)13-26-19(25)16-6-8-17(21)9-7-16/h2-11H,12-13H2,1H3. The van der Waals surface area contributed by atoms with E-state index in [9.17, 15) is 14.0 Å². The number of benzene rings is 2. The Kier molecular flexibility index (Phi) is 5.93. The van der Waals surface area contributed by atoms with Gasteiger partial charge in [-0.1, -0.05) is 29.8 Å². The molecule has 3 aromatic rings. The van der Waals surface area contributed by atoms with Crippen LogP contribution in [0.25, 0.3) is 0 Å². The second-order valence-electron chi connectivity index (χ2n) is 5.89. The lowest BCUT2D eigenvalue weighted by molar-refractivity contribution is -0.121. The minimum Gasteiger partial charge on any atom is -0.452 e. The van der Waals surface area contributed by atoms with Crippen molar-refractivity contribution in [3.8, 4) is 0 Å². The number of aryl methyl sites for hydroxylation is 1. The van der Waals surface area contributed by atoms with Crippen molar-refractivity contribution in [2.24, 2.45) is 4.99 Å². The number of carbonyl (C=O) groups excluding carboxylic acids is 2. The maximum absolute atomic E-state index is 12.9. The molecule has 1 amide bonds. The van der Waals surface area contributed by atoms with E-state index in [4.69, 9.17) is 4.74 Å². The molecular weight excluding hydrogens is 367 g/mol. The van der Waals surface area contributed by atoms with Crippen molar-refractivity contribution in [3.63, 3.8) is 0 Å². The molecule has 5 nitrogen and oxygen atoms in total. The zero-order chi connectivity index (χ0) is 19.2. The van der Waals surface area contributed by atoms with Crippen LogP contribution in [0.3, 0.4) is 0 Å². The third-order valence-corrected chi connectivity index (χ3v) is 4.55. The highest BCUT2D eigenvalue weighted by Crippen LogP contribution is 2.06. The molecule has 7 heteroatoms. The fourth-order valence-electron chi connectivity index (χ4n) is 2.33. The molecule has 0 atom stereocenters. The second-order valence-corrected chi connectivity index (χ2v) is 6.76. The van der Waals surface area contributed by atoms with Crippen molar-refractivity contribution < 1.29 is 18.7 Å². The molecule has 0 saturated carbocycles. The molecule has 0 aliphatic carbocycles. The van der Waals surface area contributed by atoms with E-state index in [0.29, 0.717) is 11.3 Å². The van der Waals surface area contributed by atoms with Gasteiger partial charge in [-0.05, 0) is 36.8 Å². The number of thiazole rings is 1. The zero-order valence-electron chi connectivity index (χ0n) is 14.6. The van der Waals surface area contributed by atoms with E-state index in [1.54, 1.807) is 0 Å². The summed E-state index contributed by atoms with van der Waals surface area (Å²) in [5.41, 5.74) is 2.45. The molecule has 2 aromatic carbocycles. The zero-order valence-corrected chi connectivity index (χ0v) is 15.4. The maximum Gasteiger partial charge on any atom is 0.338 e. The number of rotatable bonds is 5. The van der Waals surface area contributed by atoms with Crippen LogP contribution in [0.4, 0.5) is 4.39 Å². The fraction of sp³-hybridized carbons (Fsp3) is 0.150. The Bertz CT molecular complexity index is 1000. The van der Waals surface area contributed by atoms with E-state index in [1.807, 2.05) is 47.3 Å². The first kappa shape index (κ1) is 18.7. The first-order valence-electron chi connectivity index (χ1n) is 8.21. The van der Waals surface area contributed by atoms with Crippen LogP contribution in [0.5, 0.6) is 0 Å². The summed E-state index contributed by atoms with van der Waals surface area (Å²) in [4.78, 5) is 28.4. The smallest absolute Gasteiger partial charge is 0.338 e. The Morgan fingerprint density at radius 1 is 1.11 bits per heavy atom. The number of hydrogen-bond acceptors (Lipinski definition) is 4. The third kappa shape index (κ3) is 5.21. The van der Waals surface area contributed by atoms with Crippen LogP contribution < -0.4 is 4.80 Å².